The highest BCUT2D eigenvalue weighted by molar-refractivity contribution is 7.86. The van der Waals surface area contributed by atoms with E-state index >= 15 is 0 Å². The van der Waals surface area contributed by atoms with Gasteiger partial charge in [0, 0.05) is 29.1 Å². The van der Waals surface area contributed by atoms with E-state index in [0.29, 0.717) is 56.6 Å². The quantitative estimate of drug-likeness (QED) is 0.0529. The Morgan fingerprint density at radius 3 is 1.56 bits per heavy atom. The summed E-state index contributed by atoms with van der Waals surface area (Å²) in [7, 11) is -6.67. The number of aryl methyl sites for hydroxylation is 3. The van der Waals surface area contributed by atoms with Gasteiger partial charge in [-0.3, -0.25) is 13.9 Å². The maximum Gasteiger partial charge on any atom is 0.296 e. The normalized spacial score (nSPS) is 12.1. The van der Waals surface area contributed by atoms with Crippen molar-refractivity contribution in [1.82, 2.24) is 0 Å². The number of hydrogen-bond acceptors (Lipinski definition) is 14. The molecular weight excluding hydrogens is 753 g/mol. The fourth-order valence-corrected chi connectivity index (χ4v) is 6.09. The molecule has 0 saturated carbocycles. The lowest BCUT2D eigenvalue weighted by Gasteiger charge is -2.10. The number of benzene rings is 5. The monoisotopic (exact) mass is 786 g/mol. The van der Waals surface area contributed by atoms with Crippen LogP contribution in [0.25, 0.3) is 0 Å². The van der Waals surface area contributed by atoms with Crippen molar-refractivity contribution >= 4 is 71.6 Å². The van der Waals surface area contributed by atoms with E-state index in [4.69, 9.17) is 15.2 Å². The van der Waals surface area contributed by atoms with Gasteiger partial charge in [0.25, 0.3) is 26.1 Å². The summed E-state index contributed by atoms with van der Waals surface area (Å²) in [4.78, 5) is 11.2. The van der Waals surface area contributed by atoms with Gasteiger partial charge in [-0.1, -0.05) is 0 Å². The molecule has 0 fully saturated rings. The first-order valence-corrected chi connectivity index (χ1v) is 18.8. The van der Waals surface area contributed by atoms with E-state index in [-0.39, 0.29) is 17.3 Å². The molecule has 0 aliphatic carbocycles. The molecule has 55 heavy (non-hydrogen) atoms. The molecule has 19 heteroatoms. The van der Waals surface area contributed by atoms with Crippen molar-refractivity contribution in [2.45, 2.75) is 30.6 Å². The lowest BCUT2D eigenvalue weighted by Crippen LogP contribution is -2.11. The van der Waals surface area contributed by atoms with Gasteiger partial charge in [-0.05, 0) is 110 Å². The second-order valence-electron chi connectivity index (χ2n) is 11.9. The molecule has 284 valence electrons. The Bertz CT molecular complexity index is 2610. The fourth-order valence-electron chi connectivity index (χ4n) is 4.98. The summed E-state index contributed by atoms with van der Waals surface area (Å²) in [6.07, 6.45) is 0. The minimum atomic E-state index is -4.82. The molecular formula is C36H34N8O9S2. The zero-order valence-electron chi connectivity index (χ0n) is 29.9. The van der Waals surface area contributed by atoms with Crippen molar-refractivity contribution in [3.05, 3.63) is 107 Å². The van der Waals surface area contributed by atoms with Crippen LogP contribution in [0.15, 0.2) is 125 Å². The number of azo groups is 3. The van der Waals surface area contributed by atoms with E-state index in [2.05, 4.69) is 36.0 Å². The van der Waals surface area contributed by atoms with Gasteiger partial charge in [0.05, 0.1) is 36.2 Å². The molecule has 5 aromatic carbocycles. The number of ether oxygens (including phenoxy) is 2. The number of nitrogen functional groups attached to an aromatic ring is 1. The fraction of sp³-hybridized carbons (Fsp3) is 0.139. The van der Waals surface area contributed by atoms with Gasteiger partial charge in [0.15, 0.2) is 0 Å². The molecule has 0 aliphatic rings. The summed E-state index contributed by atoms with van der Waals surface area (Å²) >= 11 is 0. The number of nitrogens with two attached hydrogens (primary N) is 1. The highest BCUT2D eigenvalue weighted by atomic mass is 32.2. The number of methoxy groups -OCH3 is 2. The average Bonchev–Trinajstić information content (AvgIpc) is 3.13. The van der Waals surface area contributed by atoms with E-state index in [1.54, 1.807) is 74.5 Å². The highest BCUT2D eigenvalue weighted by Crippen LogP contribution is 2.40. The molecule has 5 rings (SSSR count). The average molecular weight is 787 g/mol. The van der Waals surface area contributed by atoms with Crippen molar-refractivity contribution in [1.29, 1.82) is 0 Å². The van der Waals surface area contributed by atoms with E-state index in [1.807, 2.05) is 6.92 Å². The zero-order valence-corrected chi connectivity index (χ0v) is 31.5. The number of carbonyl (C=O) groups is 1. The van der Waals surface area contributed by atoms with Crippen molar-refractivity contribution in [3.8, 4) is 11.5 Å². The van der Waals surface area contributed by atoms with Crippen LogP contribution >= 0.6 is 0 Å². The van der Waals surface area contributed by atoms with Gasteiger partial charge < -0.3 is 20.5 Å². The maximum atomic E-state index is 12.6. The second-order valence-corrected chi connectivity index (χ2v) is 14.7. The third-order valence-electron chi connectivity index (χ3n) is 7.92. The van der Waals surface area contributed by atoms with Crippen LogP contribution < -0.4 is 20.5 Å². The van der Waals surface area contributed by atoms with Gasteiger partial charge in [-0.15, -0.1) is 15.3 Å². The highest BCUT2D eigenvalue weighted by Gasteiger charge is 2.20. The number of hydrogen-bond donors (Lipinski definition) is 4. The van der Waals surface area contributed by atoms with Gasteiger partial charge in [-0.2, -0.15) is 32.2 Å². The summed E-state index contributed by atoms with van der Waals surface area (Å²) in [5.74, 6) is 0.309. The Morgan fingerprint density at radius 1 is 0.582 bits per heavy atom. The summed E-state index contributed by atoms with van der Waals surface area (Å²) < 4.78 is 76.9. The van der Waals surface area contributed by atoms with Gasteiger partial charge in [0.1, 0.15) is 33.5 Å². The number of amides is 1. The smallest absolute Gasteiger partial charge is 0.296 e. The first-order chi connectivity index (χ1) is 26.0. The molecule has 0 atom stereocenters. The molecule has 0 heterocycles. The van der Waals surface area contributed by atoms with E-state index < -0.39 is 35.7 Å². The molecule has 0 bridgehead atoms. The molecule has 0 spiro atoms. The first kappa shape index (κ1) is 39.8. The lowest BCUT2D eigenvalue weighted by atomic mass is 10.1. The number of rotatable bonds is 12. The van der Waals surface area contributed by atoms with Crippen LogP contribution in [0.3, 0.4) is 0 Å². The summed E-state index contributed by atoms with van der Waals surface area (Å²) in [5, 5.41) is 28.2. The SMILES string of the molecule is COc1cc(N=Nc2cc(C)c(N=Nc3cc(S(=O)(=O)O)ccc3S(=O)(=O)O)cc2OC)c(C)cc1N=Nc1ccc(NC(=O)c2ccc(N)cc2)cc1C. The van der Waals surface area contributed by atoms with E-state index in [0.717, 1.165) is 23.8 Å². The number of nitrogens with zero attached hydrogens (tertiary/aromatic N) is 6. The predicted molar refractivity (Wildman–Crippen MR) is 204 cm³/mol. The van der Waals surface area contributed by atoms with Crippen LogP contribution in [0.5, 0.6) is 11.5 Å². The van der Waals surface area contributed by atoms with Gasteiger partial charge in [0.2, 0.25) is 0 Å². The second kappa shape index (κ2) is 16.3. The van der Waals surface area contributed by atoms with E-state index in [9.17, 15) is 30.7 Å². The van der Waals surface area contributed by atoms with Crippen molar-refractivity contribution < 1.29 is 40.2 Å². The standard InChI is InChI=1S/C36H34N8O9S2/c1-20-14-25(38-36(45)23-6-8-24(37)9-7-23)10-12-27(20)39-42-30-15-21(2)28(18-33(30)52-4)40-43-31-16-22(3)29(19-34(31)53-5)41-44-32-17-26(54(46,47)48)11-13-35(32)55(49,50)51/h6-19H,37H2,1-5H3,(H,38,45)(H,46,47,48)(H,49,50,51). The summed E-state index contributed by atoms with van der Waals surface area (Å²) in [6.45, 7) is 5.31. The Labute approximate surface area is 316 Å². The topological polar surface area (TPSA) is 256 Å². The Balaban J connectivity index is 1.36. The molecule has 0 aliphatic heterocycles. The number of nitrogens with one attached hydrogen (secondary N) is 1. The Hall–Kier alpha value is -6.41. The summed E-state index contributed by atoms with van der Waals surface area (Å²) in [5.41, 5.74) is 10.7. The van der Waals surface area contributed by atoms with Crippen molar-refractivity contribution in [2.24, 2.45) is 30.7 Å². The Morgan fingerprint density at radius 2 is 1.07 bits per heavy atom. The maximum absolute atomic E-state index is 12.6. The zero-order chi connectivity index (χ0) is 40.1. The van der Waals surface area contributed by atoms with E-state index in [1.165, 1.54) is 20.3 Å². The molecule has 0 saturated heterocycles. The molecule has 17 nitrogen and oxygen atoms in total. The molecule has 5 N–H and O–H groups in total. The minimum Gasteiger partial charge on any atom is -0.494 e. The third kappa shape index (κ3) is 9.78. The van der Waals surface area contributed by atoms with Crippen LogP contribution in [0.2, 0.25) is 0 Å². The van der Waals surface area contributed by atoms with Gasteiger partial charge in [-0.25, -0.2) is 0 Å². The van der Waals surface area contributed by atoms with Crippen LogP contribution in [-0.2, 0) is 20.2 Å². The molecule has 0 aromatic heterocycles. The third-order valence-corrected chi connectivity index (χ3v) is 9.68. The first-order valence-electron chi connectivity index (χ1n) is 16.0. The summed E-state index contributed by atoms with van der Waals surface area (Å²) in [6, 6.07) is 20.6. The predicted octanol–water partition coefficient (Wildman–Crippen LogP) is 9.20. The number of anilines is 2. The minimum absolute atomic E-state index is 0.190. The lowest BCUT2D eigenvalue weighted by molar-refractivity contribution is 0.102. The van der Waals surface area contributed by atoms with Crippen molar-refractivity contribution in [2.75, 3.05) is 25.3 Å². The molecule has 0 radical (unpaired) electrons. The van der Waals surface area contributed by atoms with Crippen LogP contribution in [0, 0.1) is 20.8 Å². The van der Waals surface area contributed by atoms with Crippen LogP contribution in [-0.4, -0.2) is 46.1 Å². The molecule has 0 unspecified atom stereocenters. The molecule has 5 aromatic rings. The Kier molecular flexibility index (Phi) is 11.8. The van der Waals surface area contributed by atoms with Crippen LogP contribution in [0.1, 0.15) is 27.0 Å². The van der Waals surface area contributed by atoms with Crippen molar-refractivity contribution in [3.63, 3.8) is 0 Å². The number of carbonyl (C=O) groups excluding carboxylic acids is 1. The largest absolute Gasteiger partial charge is 0.494 e. The van der Waals surface area contributed by atoms with Gasteiger partial charge >= 0.3 is 0 Å². The van der Waals surface area contributed by atoms with Crippen LogP contribution in [0.4, 0.5) is 45.5 Å². The molecule has 1 amide bonds.